The van der Waals surface area contributed by atoms with Gasteiger partial charge >= 0.3 is 5.97 Å². The van der Waals surface area contributed by atoms with Crippen molar-refractivity contribution in [1.29, 1.82) is 0 Å². The number of rotatable bonds is 37. The van der Waals surface area contributed by atoms with Gasteiger partial charge in [0.25, 0.3) is 0 Å². The largest absolute Gasteiger partial charge is 0.748 e. The van der Waals surface area contributed by atoms with Gasteiger partial charge in [0, 0.05) is 80.5 Å². The Balaban J connectivity index is 1.53. The number of anilines is 1. The lowest BCUT2D eigenvalue weighted by Crippen LogP contribution is -2.32. The highest BCUT2D eigenvalue weighted by Gasteiger charge is 2.48. The molecule has 2 aromatic carbocycles. The van der Waals surface area contributed by atoms with Gasteiger partial charge in [0.2, 0.25) is 5.69 Å². The van der Waals surface area contributed by atoms with Gasteiger partial charge in [-0.3, -0.25) is 4.79 Å². The number of carbonyl (C=O) groups is 1. The maximum atomic E-state index is 12.2. The van der Waals surface area contributed by atoms with E-state index in [0.717, 1.165) is 5.70 Å². The lowest BCUT2D eigenvalue weighted by atomic mass is 9.76. The first-order valence-corrected chi connectivity index (χ1v) is 28.4. The predicted molar refractivity (Wildman–Crippen MR) is 269 cm³/mol. The van der Waals surface area contributed by atoms with Gasteiger partial charge in [0.1, 0.15) is 26.8 Å². The molecule has 2 heterocycles. The number of hydrogen-bond donors (Lipinski definition) is 1. The lowest BCUT2D eigenvalue weighted by Gasteiger charge is -2.30. The zero-order valence-electron chi connectivity index (χ0n) is 42.1. The quantitative estimate of drug-likeness (QED) is 0.0407. The average Bonchev–Trinajstić information content (AvgIpc) is 3.69. The molecule has 0 radical (unpaired) electrons. The van der Waals surface area contributed by atoms with E-state index in [2.05, 4.69) is 0 Å². The number of methoxy groups -OCH3 is 2. The molecule has 0 saturated heterocycles. The molecule has 4 rings (SSSR count). The van der Waals surface area contributed by atoms with Crippen molar-refractivity contribution in [3.05, 3.63) is 95.8 Å². The number of benzene rings is 2. The monoisotopic (exact) mass is 1080 g/mol. The molecule has 0 aliphatic carbocycles. The fourth-order valence-corrected chi connectivity index (χ4v) is 10.3. The molecule has 2 aliphatic rings. The average molecular weight is 1080 g/mol. The molecule has 0 bridgehead atoms. The van der Waals surface area contributed by atoms with Crippen LogP contribution in [0.5, 0.6) is 0 Å². The number of ether oxygens (including phenoxy) is 7. The van der Waals surface area contributed by atoms with Gasteiger partial charge in [-0.05, 0) is 87.9 Å². The third-order valence-corrected chi connectivity index (χ3v) is 14.9. The molecule has 2 aromatic rings. The molecule has 0 spiro atoms. The van der Waals surface area contributed by atoms with E-state index in [1.165, 1.54) is 30.3 Å². The summed E-state index contributed by atoms with van der Waals surface area (Å²) in [7, 11) is -11.0. The van der Waals surface area contributed by atoms with Crippen molar-refractivity contribution < 1.29 is 86.5 Å². The Morgan fingerprint density at radius 1 is 0.630 bits per heavy atom. The molecule has 1 N–H and O–H groups in total. The number of carboxylic acid groups (broad SMARTS) is 1. The molecule has 2 unspecified atom stereocenters. The van der Waals surface area contributed by atoms with Crippen LogP contribution in [0.1, 0.15) is 69.9 Å². The van der Waals surface area contributed by atoms with E-state index in [-0.39, 0.29) is 37.4 Å². The van der Waals surface area contributed by atoms with Gasteiger partial charge in [0.15, 0.2) is 5.71 Å². The normalized spacial score (nSPS) is 18.9. The van der Waals surface area contributed by atoms with Crippen LogP contribution in [-0.4, -0.2) is 173 Å². The summed E-state index contributed by atoms with van der Waals surface area (Å²) in [6, 6.07) is 8.38. The number of unbranched alkanes of at least 4 members (excludes halogenated alkanes) is 2. The Hall–Kier alpha value is -4.21. The first-order chi connectivity index (χ1) is 34.7. The number of hydrogen-bond acceptors (Lipinski definition) is 18. The van der Waals surface area contributed by atoms with Crippen LogP contribution in [-0.2, 0) is 79.1 Å². The Labute approximate surface area is 430 Å². The third kappa shape index (κ3) is 19.1. The van der Waals surface area contributed by atoms with Crippen LogP contribution in [0, 0.1) is 0 Å². The summed E-state index contributed by atoms with van der Waals surface area (Å²) < 4.78 is 149. The summed E-state index contributed by atoms with van der Waals surface area (Å²) in [6.45, 7) is 9.32. The van der Waals surface area contributed by atoms with Crippen molar-refractivity contribution in [1.82, 2.24) is 0 Å². The fraction of sp³-hybridized carbons (Fsp3) is 0.560. The predicted octanol–water partition coefficient (Wildman–Crippen LogP) is 4.92. The second kappa shape index (κ2) is 29.8. The Morgan fingerprint density at radius 3 is 1.73 bits per heavy atom. The van der Waals surface area contributed by atoms with Gasteiger partial charge in [-0.1, -0.05) is 30.4 Å². The highest BCUT2D eigenvalue weighted by Crippen LogP contribution is 2.51. The molecule has 0 amide bonds. The minimum Gasteiger partial charge on any atom is -0.748 e. The number of fused-ring (bicyclic) bond motifs is 2. The van der Waals surface area contributed by atoms with Crippen LogP contribution in [0.25, 0.3) is 0 Å². The zero-order valence-corrected chi connectivity index (χ0v) is 44.5. The highest BCUT2D eigenvalue weighted by molar-refractivity contribution is 7.86. The van der Waals surface area contributed by atoms with E-state index >= 15 is 0 Å². The van der Waals surface area contributed by atoms with Gasteiger partial charge in [-0.15, -0.1) is 0 Å². The van der Waals surface area contributed by atoms with E-state index < -0.39 is 57.8 Å². The standard InChI is InChI=1S/C50H72N2O18S3/c1-49(21-13-37-71(55,56)57)42-38-40(72(58,59)60)17-19-44(42)51(23-12-8-11-16-48(53)54)46(49)14-9-6-5-7-10-15-47-50(2,43-39-41(73(61,62)63)18-20-45(43)52(47)24-26-64-3)22-25-66-29-30-68-33-34-70-36-35-69-32-31-67-28-27-65-4/h5-7,9-10,14-15,17-20,38-39H,8,11-13,16,21-37H2,1-4H3,(H3-,53,54,55,56,57,58,59,60,61,62,63)/p-2. The van der Waals surface area contributed by atoms with Gasteiger partial charge in [-0.2, -0.15) is 4.58 Å². The van der Waals surface area contributed by atoms with Gasteiger partial charge in [0.05, 0.1) is 98.0 Å². The topological polar surface area (TPSA) is 280 Å². The fourth-order valence-electron chi connectivity index (χ4n) is 8.78. The van der Waals surface area contributed by atoms with E-state index in [4.69, 9.17) is 38.3 Å². The summed E-state index contributed by atoms with van der Waals surface area (Å²) in [5, 5.41) is 9.15. The number of allylic oxidation sites excluding steroid dienone is 8. The summed E-state index contributed by atoms with van der Waals surface area (Å²) in [5.41, 5.74) is 2.02. The molecule has 0 saturated carbocycles. The van der Waals surface area contributed by atoms with E-state index in [1.807, 2.05) is 28.6 Å². The van der Waals surface area contributed by atoms with Gasteiger partial charge in [-0.25, -0.2) is 25.3 Å². The van der Waals surface area contributed by atoms with Crippen molar-refractivity contribution in [3.63, 3.8) is 0 Å². The third-order valence-electron chi connectivity index (χ3n) is 12.5. The minimum absolute atomic E-state index is 0.00753. The van der Waals surface area contributed by atoms with E-state index in [9.17, 15) is 43.7 Å². The molecule has 408 valence electrons. The summed E-state index contributed by atoms with van der Waals surface area (Å²) in [6.07, 6.45) is 14.6. The Kier molecular flexibility index (Phi) is 25.0. The van der Waals surface area contributed by atoms with Crippen molar-refractivity contribution >= 4 is 53.4 Å². The van der Waals surface area contributed by atoms with Crippen LogP contribution in [0.2, 0.25) is 0 Å². The van der Waals surface area contributed by atoms with Crippen LogP contribution in [0.3, 0.4) is 0 Å². The van der Waals surface area contributed by atoms with Crippen molar-refractivity contribution in [2.75, 3.05) is 117 Å². The minimum atomic E-state index is -4.87. The first kappa shape index (κ1) is 61.3. The smallest absolute Gasteiger partial charge is 0.303 e. The molecule has 2 aliphatic heterocycles. The zero-order chi connectivity index (χ0) is 53.5. The van der Waals surface area contributed by atoms with E-state index in [0.29, 0.717) is 133 Å². The first-order valence-electron chi connectivity index (χ1n) is 24.0. The SMILES string of the molecule is COCCOCCOCCOCCOCCOCCC1(C)\C(=C/C=C/C=C/C=C/C2=[N+](CCCCCC(=O)O)c3ccc(S(=O)(=O)[O-])cc3C2(C)CCCS(=O)(=O)[O-])N(CCOC)c2ccc(S(=O)(=O)[O-])cc21. The molecular formula is C50H70N2O18S3-2. The summed E-state index contributed by atoms with van der Waals surface area (Å²) >= 11 is 0. The number of nitrogens with zero attached hydrogens (tertiary/aromatic N) is 2. The molecule has 0 aromatic heterocycles. The van der Waals surface area contributed by atoms with Crippen molar-refractivity contribution in [3.8, 4) is 0 Å². The second-order valence-corrected chi connectivity index (χ2v) is 21.9. The molecule has 23 heteroatoms. The molecule has 2 atom stereocenters. The summed E-state index contributed by atoms with van der Waals surface area (Å²) in [4.78, 5) is 12.4. The molecule has 20 nitrogen and oxygen atoms in total. The lowest BCUT2D eigenvalue weighted by molar-refractivity contribution is -0.438. The van der Waals surface area contributed by atoms with Gasteiger partial charge < -0.3 is 56.8 Å². The molecule has 0 fully saturated rings. The maximum Gasteiger partial charge on any atom is 0.303 e. The number of aliphatic carboxylic acids is 1. The van der Waals surface area contributed by atoms with Crippen LogP contribution >= 0.6 is 0 Å². The van der Waals surface area contributed by atoms with Crippen LogP contribution in [0.15, 0.2) is 94.4 Å². The van der Waals surface area contributed by atoms with E-state index in [1.54, 1.807) is 57.6 Å². The Morgan fingerprint density at radius 2 is 1.16 bits per heavy atom. The van der Waals surface area contributed by atoms with Crippen molar-refractivity contribution in [2.45, 2.75) is 79.4 Å². The van der Waals surface area contributed by atoms with Crippen molar-refractivity contribution in [2.24, 2.45) is 0 Å². The highest BCUT2D eigenvalue weighted by atomic mass is 32.2. The maximum absolute atomic E-state index is 12.2. The molecule has 73 heavy (non-hydrogen) atoms. The second-order valence-electron chi connectivity index (χ2n) is 17.7. The number of carboxylic acids is 1. The Bertz CT molecular complexity index is 2610. The summed E-state index contributed by atoms with van der Waals surface area (Å²) in [5.74, 6) is -1.57. The van der Waals surface area contributed by atoms with Crippen LogP contribution < -0.4 is 4.90 Å². The molecular weight excluding hydrogens is 1010 g/mol. The van der Waals surface area contributed by atoms with Crippen LogP contribution in [0.4, 0.5) is 11.4 Å².